The van der Waals surface area contributed by atoms with Crippen LogP contribution in [0.15, 0.2) is 42.5 Å². The van der Waals surface area contributed by atoms with Crippen molar-refractivity contribution >= 4 is 5.97 Å². The summed E-state index contributed by atoms with van der Waals surface area (Å²) in [6.45, 7) is 6.45. The number of benzene rings is 2. The second kappa shape index (κ2) is 5.60. The van der Waals surface area contributed by atoms with Crippen molar-refractivity contribution in [2.75, 3.05) is 7.11 Å². The van der Waals surface area contributed by atoms with E-state index in [-0.39, 0.29) is 11.0 Å². The summed E-state index contributed by atoms with van der Waals surface area (Å²) in [6, 6.07) is 13.1. The van der Waals surface area contributed by atoms with Gasteiger partial charge in [-0.25, -0.2) is 4.79 Å². The summed E-state index contributed by atoms with van der Waals surface area (Å²) in [5.41, 5.74) is 3.13. The summed E-state index contributed by atoms with van der Waals surface area (Å²) in [5, 5.41) is 9.38. The molecule has 0 fully saturated rings. The third kappa shape index (κ3) is 3.24. The molecule has 0 unspecified atom stereocenters. The molecule has 0 amide bonds. The third-order valence-electron chi connectivity index (χ3n) is 3.52. The van der Waals surface area contributed by atoms with Crippen molar-refractivity contribution in [1.29, 1.82) is 0 Å². The lowest BCUT2D eigenvalue weighted by Crippen LogP contribution is -2.10. The molecule has 3 nitrogen and oxygen atoms in total. The van der Waals surface area contributed by atoms with Crippen LogP contribution in [0, 0.1) is 0 Å². The van der Waals surface area contributed by atoms with Gasteiger partial charge < -0.3 is 9.84 Å². The predicted molar refractivity (Wildman–Crippen MR) is 84.1 cm³/mol. The van der Waals surface area contributed by atoms with Gasteiger partial charge in [-0.15, -0.1) is 0 Å². The first-order valence-corrected chi connectivity index (χ1v) is 6.85. The number of carbonyl (C=O) groups is 1. The molecule has 0 aliphatic carbocycles. The quantitative estimate of drug-likeness (QED) is 0.911. The second-order valence-electron chi connectivity index (χ2n) is 6.04. The minimum atomic E-state index is -0.955. The van der Waals surface area contributed by atoms with Crippen LogP contribution in [0.25, 0.3) is 11.1 Å². The zero-order valence-corrected chi connectivity index (χ0v) is 12.8. The minimum Gasteiger partial charge on any atom is -0.497 e. The maximum atomic E-state index is 11.4. The van der Waals surface area contributed by atoms with Crippen LogP contribution in [0.3, 0.4) is 0 Å². The van der Waals surface area contributed by atoms with Crippen molar-refractivity contribution in [2.45, 2.75) is 26.2 Å². The van der Waals surface area contributed by atoms with Crippen molar-refractivity contribution in [1.82, 2.24) is 0 Å². The van der Waals surface area contributed by atoms with E-state index in [2.05, 4.69) is 20.8 Å². The number of hydrogen-bond donors (Lipinski definition) is 1. The van der Waals surface area contributed by atoms with E-state index >= 15 is 0 Å². The number of aromatic carboxylic acids is 1. The molecule has 0 atom stereocenters. The summed E-state index contributed by atoms with van der Waals surface area (Å²) in [4.78, 5) is 11.4. The Morgan fingerprint density at radius 3 is 2.14 bits per heavy atom. The first kappa shape index (κ1) is 15.1. The lowest BCUT2D eigenvalue weighted by molar-refractivity contribution is 0.0697. The second-order valence-corrected chi connectivity index (χ2v) is 6.04. The molecule has 2 aromatic carbocycles. The van der Waals surface area contributed by atoms with E-state index in [1.54, 1.807) is 18.2 Å². The number of ether oxygens (including phenoxy) is 1. The molecule has 110 valence electrons. The zero-order valence-electron chi connectivity index (χ0n) is 12.8. The van der Waals surface area contributed by atoms with Gasteiger partial charge in [0.1, 0.15) is 5.75 Å². The van der Waals surface area contributed by atoms with E-state index in [9.17, 15) is 9.90 Å². The van der Waals surface area contributed by atoms with Gasteiger partial charge in [-0.05, 0) is 40.3 Å². The fraction of sp³-hybridized carbons (Fsp3) is 0.278. The van der Waals surface area contributed by atoms with Crippen LogP contribution >= 0.6 is 0 Å². The number of rotatable bonds is 3. The molecule has 0 spiro atoms. The van der Waals surface area contributed by atoms with Crippen LogP contribution < -0.4 is 4.74 Å². The SMILES string of the molecule is COc1ccc(-c2ccc(C(C)(C)C)cc2)c(C(=O)O)c1. The molecular formula is C18H20O3. The Kier molecular flexibility index (Phi) is 4.03. The molecule has 0 bridgehead atoms. The molecule has 0 aliphatic rings. The van der Waals surface area contributed by atoms with Gasteiger partial charge in [-0.2, -0.15) is 0 Å². The zero-order chi connectivity index (χ0) is 15.6. The molecule has 21 heavy (non-hydrogen) atoms. The van der Waals surface area contributed by atoms with Crippen LogP contribution in [-0.4, -0.2) is 18.2 Å². The van der Waals surface area contributed by atoms with Crippen molar-refractivity contribution in [3.63, 3.8) is 0 Å². The first-order valence-electron chi connectivity index (χ1n) is 6.85. The number of methoxy groups -OCH3 is 1. The molecule has 0 heterocycles. The van der Waals surface area contributed by atoms with Gasteiger partial charge in [-0.3, -0.25) is 0 Å². The topological polar surface area (TPSA) is 46.5 Å². The van der Waals surface area contributed by atoms with Crippen LogP contribution in [0.4, 0.5) is 0 Å². The molecule has 0 aliphatic heterocycles. The first-order chi connectivity index (χ1) is 9.82. The molecule has 2 rings (SSSR count). The average Bonchev–Trinajstić information content (AvgIpc) is 2.45. The Labute approximate surface area is 125 Å². The van der Waals surface area contributed by atoms with Crippen molar-refractivity contribution in [3.05, 3.63) is 53.6 Å². The summed E-state index contributed by atoms with van der Waals surface area (Å²) >= 11 is 0. The number of hydrogen-bond acceptors (Lipinski definition) is 2. The average molecular weight is 284 g/mol. The molecule has 0 saturated carbocycles. The highest BCUT2D eigenvalue weighted by atomic mass is 16.5. The highest BCUT2D eigenvalue weighted by Gasteiger charge is 2.16. The Balaban J connectivity index is 2.49. The van der Waals surface area contributed by atoms with Crippen molar-refractivity contribution in [2.24, 2.45) is 0 Å². The molecule has 0 radical (unpaired) electrons. The van der Waals surface area contributed by atoms with E-state index in [1.165, 1.54) is 12.7 Å². The summed E-state index contributed by atoms with van der Waals surface area (Å²) in [7, 11) is 1.53. The molecule has 0 saturated heterocycles. The maximum absolute atomic E-state index is 11.4. The fourth-order valence-corrected chi connectivity index (χ4v) is 2.23. The Bertz CT molecular complexity index is 649. The smallest absolute Gasteiger partial charge is 0.336 e. The summed E-state index contributed by atoms with van der Waals surface area (Å²) < 4.78 is 5.10. The summed E-state index contributed by atoms with van der Waals surface area (Å²) in [5.74, 6) is -0.411. The van der Waals surface area contributed by atoms with Crippen LogP contribution in [0.2, 0.25) is 0 Å². The van der Waals surface area contributed by atoms with E-state index in [0.717, 1.165) is 5.56 Å². The molecule has 2 aromatic rings. The Hall–Kier alpha value is -2.29. The van der Waals surface area contributed by atoms with Crippen LogP contribution in [-0.2, 0) is 5.41 Å². The van der Waals surface area contributed by atoms with Gasteiger partial charge in [0.15, 0.2) is 0 Å². The lowest BCUT2D eigenvalue weighted by atomic mass is 9.86. The standard InChI is InChI=1S/C18H20O3/c1-18(2,3)13-7-5-12(6-8-13)15-10-9-14(21-4)11-16(15)17(19)20/h5-11H,1-4H3,(H,19,20). The van der Waals surface area contributed by atoms with E-state index in [0.29, 0.717) is 11.3 Å². The largest absolute Gasteiger partial charge is 0.497 e. The van der Waals surface area contributed by atoms with Crippen molar-refractivity contribution < 1.29 is 14.6 Å². The minimum absolute atomic E-state index is 0.0774. The van der Waals surface area contributed by atoms with Gasteiger partial charge in [0.2, 0.25) is 0 Å². The predicted octanol–water partition coefficient (Wildman–Crippen LogP) is 4.36. The Morgan fingerprint density at radius 1 is 1.05 bits per heavy atom. The van der Waals surface area contributed by atoms with Crippen LogP contribution in [0.1, 0.15) is 36.7 Å². The summed E-state index contributed by atoms with van der Waals surface area (Å²) in [6.07, 6.45) is 0. The third-order valence-corrected chi connectivity index (χ3v) is 3.52. The number of carboxylic acids is 1. The monoisotopic (exact) mass is 284 g/mol. The van der Waals surface area contributed by atoms with E-state index in [1.807, 2.05) is 24.3 Å². The molecule has 1 N–H and O–H groups in total. The normalized spacial score (nSPS) is 11.2. The van der Waals surface area contributed by atoms with Gasteiger partial charge in [0.25, 0.3) is 0 Å². The van der Waals surface area contributed by atoms with Gasteiger partial charge in [0, 0.05) is 0 Å². The van der Waals surface area contributed by atoms with Crippen molar-refractivity contribution in [3.8, 4) is 16.9 Å². The molecular weight excluding hydrogens is 264 g/mol. The number of carboxylic acid groups (broad SMARTS) is 1. The van der Waals surface area contributed by atoms with E-state index in [4.69, 9.17) is 4.74 Å². The van der Waals surface area contributed by atoms with Gasteiger partial charge in [-0.1, -0.05) is 45.0 Å². The highest BCUT2D eigenvalue weighted by molar-refractivity contribution is 5.96. The fourth-order valence-electron chi connectivity index (χ4n) is 2.23. The van der Waals surface area contributed by atoms with E-state index < -0.39 is 5.97 Å². The maximum Gasteiger partial charge on any atom is 0.336 e. The van der Waals surface area contributed by atoms with Gasteiger partial charge in [0.05, 0.1) is 12.7 Å². The Morgan fingerprint density at radius 2 is 1.67 bits per heavy atom. The molecule has 0 aromatic heterocycles. The highest BCUT2D eigenvalue weighted by Crippen LogP contribution is 2.30. The lowest BCUT2D eigenvalue weighted by Gasteiger charge is -2.19. The van der Waals surface area contributed by atoms with Gasteiger partial charge >= 0.3 is 5.97 Å². The molecule has 3 heteroatoms. The van der Waals surface area contributed by atoms with Crippen LogP contribution in [0.5, 0.6) is 5.75 Å².